The largest absolute Gasteiger partial charge is 0.457 e. The highest BCUT2D eigenvalue weighted by molar-refractivity contribution is 6.03. The lowest BCUT2D eigenvalue weighted by Gasteiger charge is -2.06. The molecule has 110 valence electrons. The number of rotatable bonds is 4. The van der Waals surface area contributed by atoms with E-state index in [9.17, 15) is 4.79 Å². The Bertz CT molecular complexity index is 764. The predicted octanol–water partition coefficient (Wildman–Crippen LogP) is 3.46. The number of carbonyl (C=O) groups is 1. The molecule has 0 atom stereocenters. The van der Waals surface area contributed by atoms with Gasteiger partial charge in [-0.15, -0.1) is 0 Å². The van der Waals surface area contributed by atoms with Crippen LogP contribution in [0.3, 0.4) is 0 Å². The van der Waals surface area contributed by atoms with Gasteiger partial charge in [0, 0.05) is 24.9 Å². The van der Waals surface area contributed by atoms with E-state index in [1.165, 1.54) is 0 Å². The van der Waals surface area contributed by atoms with Gasteiger partial charge < -0.3 is 10.1 Å². The first-order valence-electron chi connectivity index (χ1n) is 6.85. The minimum atomic E-state index is -0.204. The fourth-order valence-electron chi connectivity index (χ4n) is 1.97. The van der Waals surface area contributed by atoms with Gasteiger partial charge in [0.1, 0.15) is 11.5 Å². The van der Waals surface area contributed by atoms with Crippen LogP contribution in [-0.2, 0) is 7.05 Å². The molecule has 0 aliphatic rings. The van der Waals surface area contributed by atoms with Crippen LogP contribution in [0.4, 0.5) is 5.82 Å². The van der Waals surface area contributed by atoms with Gasteiger partial charge in [0.25, 0.3) is 5.91 Å². The molecular weight excluding hydrogens is 278 g/mol. The third kappa shape index (κ3) is 3.32. The number of nitrogens with one attached hydrogen (secondary N) is 1. The Morgan fingerprint density at radius 3 is 2.32 bits per heavy atom. The molecule has 0 radical (unpaired) electrons. The number of para-hydroxylation sites is 1. The average Bonchev–Trinajstić information content (AvgIpc) is 2.94. The molecule has 22 heavy (non-hydrogen) atoms. The van der Waals surface area contributed by atoms with Gasteiger partial charge in [-0.05, 0) is 36.4 Å². The monoisotopic (exact) mass is 293 g/mol. The number of nitrogens with zero attached hydrogens (tertiary/aromatic N) is 2. The van der Waals surface area contributed by atoms with E-state index in [-0.39, 0.29) is 5.91 Å². The van der Waals surface area contributed by atoms with Crippen LogP contribution >= 0.6 is 0 Å². The first kappa shape index (κ1) is 13.9. The van der Waals surface area contributed by atoms with Crippen molar-refractivity contribution in [3.63, 3.8) is 0 Å². The van der Waals surface area contributed by atoms with Gasteiger partial charge >= 0.3 is 0 Å². The Labute approximate surface area is 128 Å². The van der Waals surface area contributed by atoms with Crippen molar-refractivity contribution in [3.05, 3.63) is 72.4 Å². The van der Waals surface area contributed by atoms with Crippen LogP contribution in [0.15, 0.2) is 66.9 Å². The van der Waals surface area contributed by atoms with Crippen LogP contribution in [0.25, 0.3) is 0 Å². The molecule has 1 N–H and O–H groups in total. The SMILES string of the molecule is Cn1ccc(NC(=O)c2ccc(Oc3ccccc3)cc2)n1. The number of benzene rings is 2. The number of aromatic nitrogens is 2. The normalized spacial score (nSPS) is 10.2. The average molecular weight is 293 g/mol. The molecule has 5 heteroatoms. The minimum Gasteiger partial charge on any atom is -0.457 e. The van der Waals surface area contributed by atoms with Crippen molar-refractivity contribution >= 4 is 11.7 Å². The quantitative estimate of drug-likeness (QED) is 0.801. The molecule has 0 saturated carbocycles. The Morgan fingerprint density at radius 1 is 1.00 bits per heavy atom. The number of hydrogen-bond donors (Lipinski definition) is 1. The Hall–Kier alpha value is -3.08. The fourth-order valence-corrected chi connectivity index (χ4v) is 1.97. The first-order chi connectivity index (χ1) is 10.7. The molecule has 5 nitrogen and oxygen atoms in total. The summed E-state index contributed by atoms with van der Waals surface area (Å²) in [5.41, 5.74) is 0.547. The summed E-state index contributed by atoms with van der Waals surface area (Å²) in [6.07, 6.45) is 1.77. The second-order valence-corrected chi connectivity index (χ2v) is 4.77. The molecule has 0 saturated heterocycles. The lowest BCUT2D eigenvalue weighted by atomic mass is 10.2. The Balaban J connectivity index is 1.67. The van der Waals surface area contributed by atoms with E-state index < -0.39 is 0 Å². The summed E-state index contributed by atoms with van der Waals surface area (Å²) in [6, 6.07) is 18.2. The van der Waals surface area contributed by atoms with E-state index in [4.69, 9.17) is 4.74 Å². The van der Waals surface area contributed by atoms with E-state index >= 15 is 0 Å². The topological polar surface area (TPSA) is 56.2 Å². The van der Waals surface area contributed by atoms with Gasteiger partial charge in [-0.25, -0.2) is 0 Å². The first-order valence-corrected chi connectivity index (χ1v) is 6.85. The molecule has 2 aromatic carbocycles. The maximum absolute atomic E-state index is 12.1. The summed E-state index contributed by atoms with van der Waals surface area (Å²) < 4.78 is 7.32. The molecule has 1 amide bonds. The maximum Gasteiger partial charge on any atom is 0.256 e. The van der Waals surface area contributed by atoms with E-state index in [0.717, 1.165) is 5.75 Å². The molecule has 0 aliphatic heterocycles. The van der Waals surface area contributed by atoms with Crippen LogP contribution in [0.5, 0.6) is 11.5 Å². The zero-order valence-electron chi connectivity index (χ0n) is 12.1. The molecule has 3 rings (SSSR count). The Kier molecular flexibility index (Phi) is 3.87. The fraction of sp³-hybridized carbons (Fsp3) is 0.0588. The molecule has 1 aromatic heterocycles. The van der Waals surface area contributed by atoms with E-state index in [2.05, 4.69) is 10.4 Å². The second-order valence-electron chi connectivity index (χ2n) is 4.77. The molecule has 0 fully saturated rings. The third-order valence-electron chi connectivity index (χ3n) is 3.05. The number of aryl methyl sites for hydroxylation is 1. The van der Waals surface area contributed by atoms with Gasteiger partial charge in [-0.1, -0.05) is 18.2 Å². The number of carbonyl (C=O) groups excluding carboxylic acids is 1. The highest BCUT2D eigenvalue weighted by Crippen LogP contribution is 2.21. The van der Waals surface area contributed by atoms with Crippen LogP contribution in [0, 0.1) is 0 Å². The molecule has 0 unspecified atom stereocenters. The number of ether oxygens (including phenoxy) is 1. The van der Waals surface area contributed by atoms with Gasteiger partial charge in [0.15, 0.2) is 5.82 Å². The van der Waals surface area contributed by atoms with Crippen molar-refractivity contribution < 1.29 is 9.53 Å². The van der Waals surface area contributed by atoms with Crippen molar-refractivity contribution in [2.24, 2.45) is 7.05 Å². The summed E-state index contributed by atoms with van der Waals surface area (Å²) in [6.45, 7) is 0. The van der Waals surface area contributed by atoms with Crippen molar-refractivity contribution in [2.75, 3.05) is 5.32 Å². The predicted molar refractivity (Wildman–Crippen MR) is 84.1 cm³/mol. The molecule has 3 aromatic rings. The molecule has 0 aliphatic carbocycles. The zero-order valence-corrected chi connectivity index (χ0v) is 12.1. The molecule has 0 bridgehead atoms. The smallest absolute Gasteiger partial charge is 0.256 e. The zero-order chi connectivity index (χ0) is 15.4. The van der Waals surface area contributed by atoms with Gasteiger partial charge in [-0.3, -0.25) is 9.48 Å². The minimum absolute atomic E-state index is 0.204. The number of anilines is 1. The van der Waals surface area contributed by atoms with E-state index in [1.807, 2.05) is 30.3 Å². The number of hydrogen-bond acceptors (Lipinski definition) is 3. The lowest BCUT2D eigenvalue weighted by Crippen LogP contribution is -2.12. The standard InChI is InChI=1S/C17H15N3O2/c1-20-12-11-16(19-20)18-17(21)13-7-9-15(10-8-13)22-14-5-3-2-4-6-14/h2-12H,1H3,(H,18,19,21). The molecule has 1 heterocycles. The van der Waals surface area contributed by atoms with E-state index in [0.29, 0.717) is 17.1 Å². The van der Waals surface area contributed by atoms with Crippen molar-refractivity contribution in [1.29, 1.82) is 0 Å². The van der Waals surface area contributed by atoms with Crippen LogP contribution in [-0.4, -0.2) is 15.7 Å². The molecule has 0 spiro atoms. The summed E-state index contributed by atoms with van der Waals surface area (Å²) in [7, 11) is 1.80. The van der Waals surface area contributed by atoms with Crippen molar-refractivity contribution in [3.8, 4) is 11.5 Å². The summed E-state index contributed by atoms with van der Waals surface area (Å²) in [5.74, 6) is 1.76. The van der Waals surface area contributed by atoms with Crippen molar-refractivity contribution in [2.45, 2.75) is 0 Å². The van der Waals surface area contributed by atoms with Crippen LogP contribution in [0.2, 0.25) is 0 Å². The van der Waals surface area contributed by atoms with Crippen LogP contribution < -0.4 is 10.1 Å². The number of amides is 1. The maximum atomic E-state index is 12.1. The van der Waals surface area contributed by atoms with Gasteiger partial charge in [0.2, 0.25) is 0 Å². The van der Waals surface area contributed by atoms with Crippen LogP contribution in [0.1, 0.15) is 10.4 Å². The van der Waals surface area contributed by atoms with Gasteiger partial charge in [-0.2, -0.15) is 5.10 Å². The highest BCUT2D eigenvalue weighted by atomic mass is 16.5. The Morgan fingerprint density at radius 2 is 1.68 bits per heavy atom. The van der Waals surface area contributed by atoms with Gasteiger partial charge in [0.05, 0.1) is 0 Å². The summed E-state index contributed by atoms with van der Waals surface area (Å²) >= 11 is 0. The second kappa shape index (κ2) is 6.13. The third-order valence-corrected chi connectivity index (χ3v) is 3.05. The summed E-state index contributed by atoms with van der Waals surface area (Å²) in [4.78, 5) is 12.1. The molecular formula is C17H15N3O2. The summed E-state index contributed by atoms with van der Waals surface area (Å²) in [5, 5.41) is 6.85. The lowest BCUT2D eigenvalue weighted by molar-refractivity contribution is 0.102. The van der Waals surface area contributed by atoms with E-state index in [1.54, 1.807) is 48.3 Å². The van der Waals surface area contributed by atoms with Crippen molar-refractivity contribution in [1.82, 2.24) is 9.78 Å². The highest BCUT2D eigenvalue weighted by Gasteiger charge is 2.08.